The summed E-state index contributed by atoms with van der Waals surface area (Å²) in [6.45, 7) is 2.02. The van der Waals surface area contributed by atoms with Crippen molar-refractivity contribution >= 4 is 45.8 Å². The van der Waals surface area contributed by atoms with Crippen LogP contribution in [-0.2, 0) is 20.7 Å². The molecule has 0 radical (unpaired) electrons. The summed E-state index contributed by atoms with van der Waals surface area (Å²) in [6.07, 6.45) is 0.368. The number of ether oxygens (including phenoxy) is 1. The summed E-state index contributed by atoms with van der Waals surface area (Å²) in [5, 5.41) is 14.8. The number of benzene rings is 2. The molecule has 0 aliphatic carbocycles. The zero-order valence-electron chi connectivity index (χ0n) is 16.6. The summed E-state index contributed by atoms with van der Waals surface area (Å²) in [5.74, 6) is -0.617. The number of methoxy groups -OCH3 is 1. The van der Waals surface area contributed by atoms with Crippen LogP contribution in [0.2, 0.25) is 0 Å². The van der Waals surface area contributed by atoms with Gasteiger partial charge < -0.3 is 15.4 Å². The molecule has 0 saturated carbocycles. The maximum atomic E-state index is 12.4. The van der Waals surface area contributed by atoms with Crippen molar-refractivity contribution in [1.29, 1.82) is 0 Å². The highest BCUT2D eigenvalue weighted by molar-refractivity contribution is 8.01. The average molecular weight is 443 g/mol. The van der Waals surface area contributed by atoms with Crippen LogP contribution in [0.15, 0.2) is 58.9 Å². The van der Waals surface area contributed by atoms with Crippen LogP contribution >= 0.6 is 23.1 Å². The molecule has 0 bridgehead atoms. The Morgan fingerprint density at radius 3 is 2.67 bits per heavy atom. The van der Waals surface area contributed by atoms with Crippen molar-refractivity contribution in [3.05, 3.63) is 65.7 Å². The summed E-state index contributed by atoms with van der Waals surface area (Å²) in [5.41, 5.74) is 3.02. The van der Waals surface area contributed by atoms with Crippen LogP contribution in [0.5, 0.6) is 0 Å². The number of hydrogen-bond donors (Lipinski definition) is 2. The molecule has 2 aromatic carbocycles. The van der Waals surface area contributed by atoms with Gasteiger partial charge in [0.1, 0.15) is 6.04 Å². The van der Waals surface area contributed by atoms with Gasteiger partial charge in [0.05, 0.1) is 12.9 Å². The number of nitrogens with one attached hydrogen (secondary N) is 2. The maximum Gasteiger partial charge on any atom is 0.328 e. The molecule has 1 amide bonds. The van der Waals surface area contributed by atoms with E-state index in [9.17, 15) is 9.59 Å². The molecular formula is C21H22N4O3S2. The third-order valence-corrected chi connectivity index (χ3v) is 6.08. The Hall–Kier alpha value is -2.91. The molecule has 7 nitrogen and oxygen atoms in total. The van der Waals surface area contributed by atoms with Gasteiger partial charge in [0.2, 0.25) is 11.0 Å². The SMILES string of the molecule is COC(=O)[C@@H](Cc1ccccc1)NC(=O)CSc1nnc(Nc2cccc(C)c2)s1. The molecular weight excluding hydrogens is 420 g/mol. The fraction of sp³-hybridized carbons (Fsp3) is 0.238. The van der Waals surface area contributed by atoms with Gasteiger partial charge in [0.15, 0.2) is 4.34 Å². The number of nitrogens with zero attached hydrogens (tertiary/aromatic N) is 2. The topological polar surface area (TPSA) is 93.2 Å². The van der Waals surface area contributed by atoms with Crippen molar-refractivity contribution in [3.8, 4) is 0 Å². The summed E-state index contributed by atoms with van der Waals surface area (Å²) >= 11 is 2.64. The molecule has 3 rings (SSSR count). The van der Waals surface area contributed by atoms with Gasteiger partial charge in [-0.2, -0.15) is 0 Å². The molecule has 2 N–H and O–H groups in total. The van der Waals surface area contributed by atoms with Crippen molar-refractivity contribution in [1.82, 2.24) is 15.5 Å². The van der Waals surface area contributed by atoms with Crippen LogP contribution in [0, 0.1) is 6.92 Å². The van der Waals surface area contributed by atoms with Gasteiger partial charge in [-0.3, -0.25) is 4.79 Å². The highest BCUT2D eigenvalue weighted by atomic mass is 32.2. The molecule has 1 heterocycles. The summed E-state index contributed by atoms with van der Waals surface area (Å²) in [6, 6.07) is 16.7. The van der Waals surface area contributed by atoms with Crippen molar-refractivity contribution in [2.45, 2.75) is 23.7 Å². The van der Waals surface area contributed by atoms with E-state index < -0.39 is 12.0 Å². The van der Waals surface area contributed by atoms with Crippen LogP contribution in [0.3, 0.4) is 0 Å². The Labute approximate surface area is 183 Å². The minimum atomic E-state index is -0.738. The first-order chi connectivity index (χ1) is 14.5. The van der Waals surface area contributed by atoms with E-state index >= 15 is 0 Å². The standard InChI is InChI=1S/C21H22N4O3S2/c1-14-7-6-10-16(11-14)22-20-24-25-21(30-20)29-13-18(26)23-17(19(27)28-2)12-15-8-4-3-5-9-15/h3-11,17H,12-13H2,1-2H3,(H,22,24)(H,23,26)/t17-/m1/s1. The highest BCUT2D eigenvalue weighted by Crippen LogP contribution is 2.27. The number of esters is 1. The van der Waals surface area contributed by atoms with Gasteiger partial charge in [-0.1, -0.05) is 65.6 Å². The third-order valence-electron chi connectivity index (χ3n) is 4.11. The first kappa shape index (κ1) is 21.8. The van der Waals surface area contributed by atoms with E-state index in [2.05, 4.69) is 20.8 Å². The molecule has 30 heavy (non-hydrogen) atoms. The van der Waals surface area contributed by atoms with Crippen molar-refractivity contribution in [3.63, 3.8) is 0 Å². The zero-order valence-corrected chi connectivity index (χ0v) is 18.3. The largest absolute Gasteiger partial charge is 0.467 e. The van der Waals surface area contributed by atoms with Gasteiger partial charge in [0, 0.05) is 12.1 Å². The van der Waals surface area contributed by atoms with Crippen molar-refractivity contribution < 1.29 is 14.3 Å². The number of rotatable bonds is 9. The first-order valence-corrected chi connectivity index (χ1v) is 11.0. The lowest BCUT2D eigenvalue weighted by Crippen LogP contribution is -2.43. The van der Waals surface area contributed by atoms with Crippen LogP contribution in [0.1, 0.15) is 11.1 Å². The Kier molecular flexibility index (Phi) is 7.81. The predicted octanol–water partition coefficient (Wildman–Crippen LogP) is 3.58. The van der Waals surface area contributed by atoms with Gasteiger partial charge >= 0.3 is 5.97 Å². The lowest BCUT2D eigenvalue weighted by atomic mass is 10.1. The second-order valence-electron chi connectivity index (χ2n) is 6.49. The van der Waals surface area contributed by atoms with Gasteiger partial charge in [0.25, 0.3) is 0 Å². The summed E-state index contributed by atoms with van der Waals surface area (Å²) < 4.78 is 5.49. The molecule has 1 atom stereocenters. The van der Waals surface area contributed by atoms with Crippen LogP contribution < -0.4 is 10.6 Å². The van der Waals surface area contributed by atoms with Crippen molar-refractivity contribution in [2.24, 2.45) is 0 Å². The number of amides is 1. The first-order valence-electron chi connectivity index (χ1n) is 9.24. The Balaban J connectivity index is 1.52. The van der Waals surface area contributed by atoms with Gasteiger partial charge in [-0.25, -0.2) is 4.79 Å². The molecule has 3 aromatic rings. The van der Waals surface area contributed by atoms with Gasteiger partial charge in [-0.15, -0.1) is 10.2 Å². The molecule has 0 fully saturated rings. The third kappa shape index (κ3) is 6.57. The lowest BCUT2D eigenvalue weighted by molar-refractivity contribution is -0.144. The number of aryl methyl sites for hydroxylation is 1. The smallest absolute Gasteiger partial charge is 0.328 e. The van der Waals surface area contributed by atoms with Crippen LogP contribution in [0.25, 0.3) is 0 Å². The minimum absolute atomic E-state index is 0.126. The Morgan fingerprint density at radius 1 is 1.13 bits per heavy atom. The molecule has 0 spiro atoms. The molecule has 0 aliphatic heterocycles. The monoisotopic (exact) mass is 442 g/mol. The number of thioether (sulfide) groups is 1. The second-order valence-corrected chi connectivity index (χ2v) is 8.69. The Morgan fingerprint density at radius 2 is 1.93 bits per heavy atom. The molecule has 1 aromatic heterocycles. The minimum Gasteiger partial charge on any atom is -0.467 e. The quantitative estimate of drug-likeness (QED) is 0.386. The summed E-state index contributed by atoms with van der Waals surface area (Å²) in [4.78, 5) is 24.4. The van der Waals surface area contributed by atoms with Crippen LogP contribution in [-0.4, -0.2) is 41.0 Å². The maximum absolute atomic E-state index is 12.4. The lowest BCUT2D eigenvalue weighted by Gasteiger charge is -2.16. The molecule has 0 saturated heterocycles. The number of carbonyl (C=O) groups is 2. The molecule has 0 aliphatic rings. The molecule has 9 heteroatoms. The molecule has 156 valence electrons. The predicted molar refractivity (Wildman–Crippen MR) is 119 cm³/mol. The van der Waals surface area contributed by atoms with E-state index in [4.69, 9.17) is 4.74 Å². The highest BCUT2D eigenvalue weighted by Gasteiger charge is 2.22. The second kappa shape index (κ2) is 10.7. The van der Waals surface area contributed by atoms with E-state index in [1.807, 2.05) is 61.5 Å². The number of hydrogen-bond acceptors (Lipinski definition) is 8. The summed E-state index contributed by atoms with van der Waals surface area (Å²) in [7, 11) is 1.31. The Bertz CT molecular complexity index is 995. The average Bonchev–Trinajstić information content (AvgIpc) is 3.19. The normalized spacial score (nSPS) is 11.5. The number of aromatic nitrogens is 2. The van der Waals surface area contributed by atoms with E-state index in [-0.39, 0.29) is 11.7 Å². The van der Waals surface area contributed by atoms with Gasteiger partial charge in [-0.05, 0) is 30.2 Å². The van der Waals surface area contributed by atoms with E-state index in [1.54, 1.807) is 0 Å². The van der Waals surface area contributed by atoms with E-state index in [0.717, 1.165) is 16.8 Å². The zero-order chi connectivity index (χ0) is 21.3. The van der Waals surface area contributed by atoms with E-state index in [1.165, 1.54) is 30.2 Å². The number of anilines is 2. The fourth-order valence-corrected chi connectivity index (χ4v) is 4.30. The number of carbonyl (C=O) groups excluding carboxylic acids is 2. The fourth-order valence-electron chi connectivity index (χ4n) is 2.71. The van der Waals surface area contributed by atoms with Crippen molar-refractivity contribution in [2.75, 3.05) is 18.2 Å². The van der Waals surface area contributed by atoms with Crippen LogP contribution in [0.4, 0.5) is 10.8 Å². The molecule has 0 unspecified atom stereocenters. The van der Waals surface area contributed by atoms with E-state index in [0.29, 0.717) is 15.9 Å².